The van der Waals surface area contributed by atoms with Crippen molar-refractivity contribution in [3.8, 4) is 0 Å². The van der Waals surface area contributed by atoms with Crippen molar-refractivity contribution in [3.05, 3.63) is 29.3 Å². The van der Waals surface area contributed by atoms with Gasteiger partial charge in [-0.05, 0) is 42.9 Å². The van der Waals surface area contributed by atoms with Gasteiger partial charge >= 0.3 is 0 Å². The Balaban J connectivity index is 2.06. The monoisotopic (exact) mass is 246 g/mol. The van der Waals surface area contributed by atoms with Crippen LogP contribution < -0.4 is 10.6 Å². The van der Waals surface area contributed by atoms with Gasteiger partial charge in [0.1, 0.15) is 0 Å². The van der Waals surface area contributed by atoms with Gasteiger partial charge in [-0.25, -0.2) is 0 Å². The molecule has 2 nitrogen and oxygen atoms in total. The first-order chi connectivity index (χ1) is 8.74. The van der Waals surface area contributed by atoms with Crippen molar-refractivity contribution < 1.29 is 0 Å². The molecule has 0 aromatic heterocycles. The molecule has 2 N–H and O–H groups in total. The Morgan fingerprint density at radius 3 is 2.61 bits per heavy atom. The van der Waals surface area contributed by atoms with E-state index in [2.05, 4.69) is 36.9 Å². The van der Waals surface area contributed by atoms with Gasteiger partial charge in [-0.3, -0.25) is 0 Å². The quantitative estimate of drug-likeness (QED) is 0.881. The van der Waals surface area contributed by atoms with Crippen LogP contribution in [0.15, 0.2) is 18.2 Å². The maximum Gasteiger partial charge on any atom is 0.0414 e. The third-order valence-electron chi connectivity index (χ3n) is 4.11. The molecular formula is C16H26N2. The molecule has 1 aromatic rings. The summed E-state index contributed by atoms with van der Waals surface area (Å²) < 4.78 is 0. The molecule has 18 heavy (non-hydrogen) atoms. The standard InChI is InChI=1S/C16H26N2/c1-3-4-14-7-9-18(10-8-14)16-11-13(2)5-6-15(16)12-17/h5-6,11,14H,3-4,7-10,12,17H2,1-2H3. The van der Waals surface area contributed by atoms with Crippen LogP contribution in [-0.2, 0) is 6.54 Å². The van der Waals surface area contributed by atoms with E-state index in [1.165, 1.54) is 55.6 Å². The fourth-order valence-electron chi connectivity index (χ4n) is 3.01. The van der Waals surface area contributed by atoms with Crippen LogP contribution >= 0.6 is 0 Å². The Bertz CT molecular complexity index is 379. The summed E-state index contributed by atoms with van der Waals surface area (Å²) in [4.78, 5) is 2.53. The minimum absolute atomic E-state index is 0.643. The third kappa shape index (κ3) is 3.05. The van der Waals surface area contributed by atoms with Crippen LogP contribution in [0.3, 0.4) is 0 Å². The van der Waals surface area contributed by atoms with Gasteiger partial charge in [0.15, 0.2) is 0 Å². The third-order valence-corrected chi connectivity index (χ3v) is 4.11. The van der Waals surface area contributed by atoms with E-state index in [0.717, 1.165) is 5.92 Å². The fourth-order valence-corrected chi connectivity index (χ4v) is 3.01. The van der Waals surface area contributed by atoms with Crippen molar-refractivity contribution >= 4 is 5.69 Å². The molecule has 0 saturated carbocycles. The summed E-state index contributed by atoms with van der Waals surface area (Å²) in [6, 6.07) is 6.64. The molecular weight excluding hydrogens is 220 g/mol. The van der Waals surface area contributed by atoms with E-state index in [1.807, 2.05) is 0 Å². The zero-order chi connectivity index (χ0) is 13.0. The van der Waals surface area contributed by atoms with Gasteiger partial charge in [0.05, 0.1) is 0 Å². The van der Waals surface area contributed by atoms with Crippen molar-refractivity contribution in [2.45, 2.75) is 46.1 Å². The Morgan fingerprint density at radius 1 is 1.28 bits per heavy atom. The van der Waals surface area contributed by atoms with Crippen molar-refractivity contribution in [3.63, 3.8) is 0 Å². The minimum atomic E-state index is 0.643. The van der Waals surface area contributed by atoms with Gasteiger partial charge in [0.25, 0.3) is 0 Å². The first-order valence-corrected chi connectivity index (χ1v) is 7.29. The Hall–Kier alpha value is -1.02. The molecule has 1 heterocycles. The van der Waals surface area contributed by atoms with Crippen molar-refractivity contribution in [1.29, 1.82) is 0 Å². The van der Waals surface area contributed by atoms with Crippen molar-refractivity contribution in [2.24, 2.45) is 11.7 Å². The molecule has 0 radical (unpaired) electrons. The number of nitrogens with zero attached hydrogens (tertiary/aromatic N) is 1. The highest BCUT2D eigenvalue weighted by Crippen LogP contribution is 2.28. The molecule has 0 bridgehead atoms. The van der Waals surface area contributed by atoms with Gasteiger partial charge in [-0.15, -0.1) is 0 Å². The smallest absolute Gasteiger partial charge is 0.0414 e. The highest BCUT2D eigenvalue weighted by atomic mass is 15.1. The molecule has 1 aromatic carbocycles. The van der Waals surface area contributed by atoms with E-state index >= 15 is 0 Å². The Morgan fingerprint density at radius 2 is 2.00 bits per heavy atom. The number of rotatable bonds is 4. The maximum atomic E-state index is 5.86. The lowest BCUT2D eigenvalue weighted by Crippen LogP contribution is -2.34. The molecule has 0 amide bonds. The molecule has 2 heteroatoms. The van der Waals surface area contributed by atoms with E-state index in [0.29, 0.717) is 6.54 Å². The number of piperidine rings is 1. The van der Waals surface area contributed by atoms with E-state index in [9.17, 15) is 0 Å². The van der Waals surface area contributed by atoms with Crippen LogP contribution in [-0.4, -0.2) is 13.1 Å². The summed E-state index contributed by atoms with van der Waals surface area (Å²) >= 11 is 0. The number of anilines is 1. The van der Waals surface area contributed by atoms with Crippen molar-refractivity contribution in [2.75, 3.05) is 18.0 Å². The second-order valence-electron chi connectivity index (χ2n) is 5.56. The Kier molecular flexibility index (Phi) is 4.65. The molecule has 1 saturated heterocycles. The summed E-state index contributed by atoms with van der Waals surface area (Å²) in [6.45, 7) is 7.49. The number of nitrogens with two attached hydrogens (primary N) is 1. The molecule has 2 rings (SSSR count). The number of hydrogen-bond acceptors (Lipinski definition) is 2. The first kappa shape index (κ1) is 13.4. The normalized spacial score (nSPS) is 17.2. The van der Waals surface area contributed by atoms with Crippen LogP contribution in [0.1, 0.15) is 43.7 Å². The summed E-state index contributed by atoms with van der Waals surface area (Å²) in [7, 11) is 0. The molecule has 1 aliphatic heterocycles. The lowest BCUT2D eigenvalue weighted by molar-refractivity contribution is 0.378. The predicted octanol–water partition coefficient (Wildman–Crippen LogP) is 3.47. The molecule has 0 spiro atoms. The van der Waals surface area contributed by atoms with Crippen molar-refractivity contribution in [1.82, 2.24) is 0 Å². The second kappa shape index (κ2) is 6.24. The molecule has 1 fully saturated rings. The Labute approximate surface area is 111 Å². The van der Waals surface area contributed by atoms with E-state index in [-0.39, 0.29) is 0 Å². The molecule has 100 valence electrons. The average molecular weight is 246 g/mol. The molecule has 0 unspecified atom stereocenters. The predicted molar refractivity (Wildman–Crippen MR) is 78.9 cm³/mol. The van der Waals surface area contributed by atoms with Gasteiger partial charge in [0, 0.05) is 25.3 Å². The lowest BCUT2D eigenvalue weighted by Gasteiger charge is -2.35. The maximum absolute atomic E-state index is 5.86. The van der Waals surface area contributed by atoms with Gasteiger partial charge in [-0.1, -0.05) is 31.9 Å². The lowest BCUT2D eigenvalue weighted by atomic mass is 9.92. The molecule has 1 aliphatic rings. The fraction of sp³-hybridized carbons (Fsp3) is 0.625. The number of aryl methyl sites for hydroxylation is 1. The van der Waals surface area contributed by atoms with Gasteiger partial charge < -0.3 is 10.6 Å². The zero-order valence-corrected chi connectivity index (χ0v) is 11.8. The first-order valence-electron chi connectivity index (χ1n) is 7.29. The topological polar surface area (TPSA) is 29.3 Å². The van der Waals surface area contributed by atoms with Crippen LogP contribution in [0.2, 0.25) is 0 Å². The van der Waals surface area contributed by atoms with E-state index < -0.39 is 0 Å². The van der Waals surface area contributed by atoms with E-state index in [1.54, 1.807) is 0 Å². The molecule has 0 atom stereocenters. The highest BCUT2D eigenvalue weighted by Gasteiger charge is 2.20. The average Bonchev–Trinajstić information content (AvgIpc) is 2.40. The number of benzene rings is 1. The van der Waals surface area contributed by atoms with Crippen LogP contribution in [0.5, 0.6) is 0 Å². The van der Waals surface area contributed by atoms with Crippen LogP contribution in [0.25, 0.3) is 0 Å². The number of hydrogen-bond donors (Lipinski definition) is 1. The highest BCUT2D eigenvalue weighted by molar-refractivity contribution is 5.55. The largest absolute Gasteiger partial charge is 0.371 e. The summed E-state index contributed by atoms with van der Waals surface area (Å²) in [6.07, 6.45) is 5.39. The molecule has 0 aliphatic carbocycles. The summed E-state index contributed by atoms with van der Waals surface area (Å²) in [5, 5.41) is 0. The van der Waals surface area contributed by atoms with Gasteiger partial charge in [0.2, 0.25) is 0 Å². The zero-order valence-electron chi connectivity index (χ0n) is 11.8. The summed E-state index contributed by atoms with van der Waals surface area (Å²) in [5.41, 5.74) is 9.84. The van der Waals surface area contributed by atoms with E-state index in [4.69, 9.17) is 5.73 Å². The summed E-state index contributed by atoms with van der Waals surface area (Å²) in [5.74, 6) is 0.942. The second-order valence-corrected chi connectivity index (χ2v) is 5.56. The SMILES string of the molecule is CCCC1CCN(c2cc(C)ccc2CN)CC1. The van der Waals surface area contributed by atoms with Crippen LogP contribution in [0, 0.1) is 12.8 Å². The van der Waals surface area contributed by atoms with Crippen LogP contribution in [0.4, 0.5) is 5.69 Å². The van der Waals surface area contributed by atoms with Gasteiger partial charge in [-0.2, -0.15) is 0 Å². The minimum Gasteiger partial charge on any atom is -0.371 e.